The first-order chi connectivity index (χ1) is 10.5. The molecule has 8 nitrogen and oxygen atoms in total. The van der Waals surface area contributed by atoms with E-state index < -0.39 is 32.5 Å². The molecule has 0 amide bonds. The van der Waals surface area contributed by atoms with E-state index in [-0.39, 0.29) is 12.3 Å². The standard InChI is InChI=1S/C13H16NO7P/c1-7-10(6-15)20-12(11(7)21-22(17)18)8-3-4-14-9(5-8)13(16)19-2/h3-5,10-12,15,22H,1,6H2,2H3,(H,17,18)/t10-,11-,12+/m1/s1. The quantitative estimate of drug-likeness (QED) is 0.459. The van der Waals surface area contributed by atoms with Crippen LogP contribution in [0.5, 0.6) is 0 Å². The number of aliphatic hydroxyl groups is 1. The number of carbonyl (C=O) groups excluding carboxylic acids is 1. The molecule has 2 N–H and O–H groups in total. The maximum atomic E-state index is 11.5. The number of rotatable bonds is 5. The van der Waals surface area contributed by atoms with Crippen molar-refractivity contribution in [3.05, 3.63) is 41.7 Å². The van der Waals surface area contributed by atoms with Crippen LogP contribution in [0.2, 0.25) is 0 Å². The molecule has 1 saturated heterocycles. The largest absolute Gasteiger partial charge is 0.464 e. The van der Waals surface area contributed by atoms with Gasteiger partial charge in [0.15, 0.2) is 0 Å². The number of esters is 1. The summed E-state index contributed by atoms with van der Waals surface area (Å²) in [6.07, 6.45) is -1.01. The molecule has 1 aliphatic rings. The number of hydrogen-bond acceptors (Lipinski definition) is 7. The molecule has 0 aliphatic carbocycles. The average molecular weight is 329 g/mol. The van der Waals surface area contributed by atoms with E-state index in [0.29, 0.717) is 11.1 Å². The van der Waals surface area contributed by atoms with Gasteiger partial charge in [0.25, 0.3) is 0 Å². The minimum atomic E-state index is -3.23. The molecule has 0 saturated carbocycles. The van der Waals surface area contributed by atoms with Crippen LogP contribution < -0.4 is 0 Å². The van der Waals surface area contributed by atoms with Crippen molar-refractivity contribution in [2.75, 3.05) is 13.7 Å². The normalized spacial score (nSPS) is 26.0. The van der Waals surface area contributed by atoms with Crippen molar-refractivity contribution in [1.29, 1.82) is 0 Å². The van der Waals surface area contributed by atoms with E-state index in [1.54, 1.807) is 6.07 Å². The van der Waals surface area contributed by atoms with Crippen molar-refractivity contribution in [2.45, 2.75) is 18.3 Å². The summed E-state index contributed by atoms with van der Waals surface area (Å²) in [4.78, 5) is 24.4. The summed E-state index contributed by atoms with van der Waals surface area (Å²) in [5.41, 5.74) is 0.925. The van der Waals surface area contributed by atoms with E-state index in [1.165, 1.54) is 19.4 Å². The summed E-state index contributed by atoms with van der Waals surface area (Å²) in [6, 6.07) is 3.02. The number of aromatic nitrogens is 1. The highest BCUT2D eigenvalue weighted by molar-refractivity contribution is 7.32. The molecule has 1 unspecified atom stereocenters. The van der Waals surface area contributed by atoms with Gasteiger partial charge in [-0.3, -0.25) is 9.09 Å². The lowest BCUT2D eigenvalue weighted by molar-refractivity contribution is -0.00519. The predicted octanol–water partition coefficient (Wildman–Crippen LogP) is 0.624. The highest BCUT2D eigenvalue weighted by atomic mass is 31.1. The first-order valence-corrected chi connectivity index (χ1v) is 7.63. The Hall–Kier alpha value is -1.57. The highest BCUT2D eigenvalue weighted by Crippen LogP contribution is 2.41. The molecule has 0 radical (unpaired) electrons. The lowest BCUT2D eigenvalue weighted by atomic mass is 10.0. The Morgan fingerprint density at radius 2 is 2.32 bits per heavy atom. The van der Waals surface area contributed by atoms with Crippen LogP contribution in [-0.2, 0) is 18.6 Å². The molecule has 1 aromatic heterocycles. The summed E-state index contributed by atoms with van der Waals surface area (Å²) in [5, 5.41) is 9.27. The molecule has 1 fully saturated rings. The Morgan fingerprint density at radius 1 is 1.59 bits per heavy atom. The fraction of sp³-hybridized carbons (Fsp3) is 0.385. The van der Waals surface area contributed by atoms with Gasteiger partial charge in [-0.25, -0.2) is 9.78 Å². The zero-order chi connectivity index (χ0) is 16.3. The monoisotopic (exact) mass is 329 g/mol. The minimum Gasteiger partial charge on any atom is -0.464 e. The number of carbonyl (C=O) groups is 1. The second-order valence-corrected chi connectivity index (χ2v) is 5.34. The average Bonchev–Trinajstić information content (AvgIpc) is 2.82. The summed E-state index contributed by atoms with van der Waals surface area (Å²) < 4.78 is 26.2. The van der Waals surface area contributed by atoms with Gasteiger partial charge in [-0.1, -0.05) is 6.58 Å². The Bertz CT molecular complexity index is 606. The number of ether oxygens (including phenoxy) is 2. The molecule has 0 spiro atoms. The predicted molar refractivity (Wildman–Crippen MR) is 75.5 cm³/mol. The minimum absolute atomic E-state index is 0.0667. The van der Waals surface area contributed by atoms with Crippen LogP contribution in [-0.4, -0.2) is 46.9 Å². The van der Waals surface area contributed by atoms with Crippen LogP contribution in [0.15, 0.2) is 30.5 Å². The van der Waals surface area contributed by atoms with E-state index in [9.17, 15) is 14.5 Å². The summed E-state index contributed by atoms with van der Waals surface area (Å²) >= 11 is 0. The highest BCUT2D eigenvalue weighted by Gasteiger charge is 2.41. The van der Waals surface area contributed by atoms with Crippen molar-refractivity contribution >= 4 is 14.2 Å². The molecular formula is C13H16NO7P. The van der Waals surface area contributed by atoms with E-state index in [2.05, 4.69) is 16.3 Å². The van der Waals surface area contributed by atoms with Gasteiger partial charge < -0.3 is 19.5 Å². The smallest absolute Gasteiger partial charge is 0.356 e. The number of methoxy groups -OCH3 is 1. The Morgan fingerprint density at radius 3 is 2.91 bits per heavy atom. The molecule has 2 heterocycles. The summed E-state index contributed by atoms with van der Waals surface area (Å²) in [6.45, 7) is 3.40. The molecule has 120 valence electrons. The number of pyridine rings is 1. The maximum Gasteiger partial charge on any atom is 0.356 e. The Kier molecular flexibility index (Phi) is 5.44. The van der Waals surface area contributed by atoms with Gasteiger partial charge in [-0.2, -0.15) is 0 Å². The van der Waals surface area contributed by atoms with Gasteiger partial charge in [0.05, 0.1) is 13.7 Å². The van der Waals surface area contributed by atoms with Gasteiger partial charge in [0.2, 0.25) is 0 Å². The van der Waals surface area contributed by atoms with Gasteiger partial charge in [0, 0.05) is 6.20 Å². The molecule has 0 bridgehead atoms. The topological polar surface area (TPSA) is 115 Å². The Labute approximate surface area is 127 Å². The van der Waals surface area contributed by atoms with Crippen LogP contribution in [0.1, 0.15) is 22.2 Å². The van der Waals surface area contributed by atoms with Crippen LogP contribution in [0.4, 0.5) is 0 Å². The van der Waals surface area contributed by atoms with Crippen molar-refractivity contribution in [1.82, 2.24) is 4.98 Å². The maximum absolute atomic E-state index is 11.5. The van der Waals surface area contributed by atoms with Crippen LogP contribution in [0.25, 0.3) is 0 Å². The van der Waals surface area contributed by atoms with E-state index in [4.69, 9.17) is 14.2 Å². The number of aliphatic hydroxyl groups excluding tert-OH is 1. The summed E-state index contributed by atoms with van der Waals surface area (Å²) in [7, 11) is -2.00. The van der Waals surface area contributed by atoms with Crippen molar-refractivity contribution < 1.29 is 33.4 Å². The van der Waals surface area contributed by atoms with Crippen molar-refractivity contribution in [3.63, 3.8) is 0 Å². The third-order valence-electron chi connectivity index (χ3n) is 3.27. The van der Waals surface area contributed by atoms with Crippen LogP contribution >= 0.6 is 8.25 Å². The van der Waals surface area contributed by atoms with E-state index in [0.717, 1.165) is 0 Å². The fourth-order valence-corrected chi connectivity index (χ4v) is 2.71. The van der Waals surface area contributed by atoms with Gasteiger partial charge >= 0.3 is 14.2 Å². The lowest BCUT2D eigenvalue weighted by Crippen LogP contribution is -2.17. The second-order valence-electron chi connectivity index (χ2n) is 4.57. The molecular weight excluding hydrogens is 313 g/mol. The van der Waals surface area contributed by atoms with Gasteiger partial charge in [0.1, 0.15) is 24.0 Å². The number of nitrogens with zero attached hydrogens (tertiary/aromatic N) is 1. The third-order valence-corrected chi connectivity index (χ3v) is 3.72. The number of hydrogen-bond donors (Lipinski definition) is 2. The zero-order valence-electron chi connectivity index (χ0n) is 11.8. The third kappa shape index (κ3) is 3.43. The molecule has 1 aliphatic heterocycles. The van der Waals surface area contributed by atoms with Gasteiger partial charge in [-0.05, 0) is 23.3 Å². The first-order valence-electron chi connectivity index (χ1n) is 6.36. The molecule has 1 aromatic rings. The van der Waals surface area contributed by atoms with Crippen LogP contribution in [0, 0.1) is 0 Å². The SMILES string of the molecule is C=C1[C@@H](O[PH](=O)O)[C@H](c2ccnc(C(=O)OC)c2)O[C@@H]1CO. The van der Waals surface area contributed by atoms with E-state index >= 15 is 0 Å². The molecule has 0 aromatic carbocycles. The van der Waals surface area contributed by atoms with Crippen molar-refractivity contribution in [3.8, 4) is 0 Å². The molecule has 4 atom stereocenters. The molecule has 22 heavy (non-hydrogen) atoms. The Balaban J connectivity index is 2.34. The fourth-order valence-electron chi connectivity index (χ4n) is 2.21. The lowest BCUT2D eigenvalue weighted by Gasteiger charge is -2.18. The molecule has 2 rings (SSSR count). The van der Waals surface area contributed by atoms with E-state index in [1.807, 2.05) is 0 Å². The second kappa shape index (κ2) is 7.13. The molecule has 9 heteroatoms. The zero-order valence-corrected chi connectivity index (χ0v) is 12.8. The summed E-state index contributed by atoms with van der Waals surface area (Å²) in [5.74, 6) is -0.620. The van der Waals surface area contributed by atoms with Crippen molar-refractivity contribution in [2.24, 2.45) is 0 Å². The first kappa shape index (κ1) is 16.8. The van der Waals surface area contributed by atoms with Crippen LogP contribution in [0.3, 0.4) is 0 Å². The van der Waals surface area contributed by atoms with Gasteiger partial charge in [-0.15, -0.1) is 0 Å².